The molecule has 0 aliphatic carbocycles. The van der Waals surface area contributed by atoms with Crippen molar-refractivity contribution >= 4 is 40.2 Å². The molecule has 130 valence electrons. The van der Waals surface area contributed by atoms with E-state index in [-0.39, 0.29) is 12.2 Å². The number of benzene rings is 2. The Kier molecular flexibility index (Phi) is 5.35. The van der Waals surface area contributed by atoms with Crippen LogP contribution in [0.4, 0.5) is 4.39 Å². The molecule has 0 unspecified atom stereocenters. The molecule has 0 spiro atoms. The Morgan fingerprint density at radius 3 is 2.60 bits per heavy atom. The third kappa shape index (κ3) is 3.83. The van der Waals surface area contributed by atoms with Crippen LogP contribution >= 0.6 is 23.4 Å². The van der Waals surface area contributed by atoms with Crippen molar-refractivity contribution in [2.24, 2.45) is 0 Å². The maximum absolute atomic E-state index is 13.8. The SMILES string of the molecule is CCSc1c(CC(=O)O)n(Cc2ccc(Cl)cc2)c2ccc(F)cc12. The molecule has 6 heteroatoms. The topological polar surface area (TPSA) is 42.2 Å². The molecule has 0 atom stereocenters. The second-order valence-corrected chi connectivity index (χ2v) is 7.36. The molecular weight excluding hydrogens is 361 g/mol. The Morgan fingerprint density at radius 1 is 1.24 bits per heavy atom. The zero-order valence-electron chi connectivity index (χ0n) is 13.6. The number of carbonyl (C=O) groups is 1. The number of carboxylic acid groups (broad SMARTS) is 1. The third-order valence-corrected chi connectivity index (χ3v) is 5.23. The van der Waals surface area contributed by atoms with Crippen molar-refractivity contribution in [1.82, 2.24) is 4.57 Å². The number of hydrogen-bond donors (Lipinski definition) is 1. The predicted molar refractivity (Wildman–Crippen MR) is 100 cm³/mol. The van der Waals surface area contributed by atoms with E-state index in [9.17, 15) is 14.3 Å². The molecule has 3 rings (SSSR count). The molecule has 3 nitrogen and oxygen atoms in total. The minimum absolute atomic E-state index is 0.105. The fraction of sp³-hybridized carbons (Fsp3) is 0.211. The van der Waals surface area contributed by atoms with E-state index in [0.29, 0.717) is 17.3 Å². The highest BCUT2D eigenvalue weighted by Gasteiger charge is 2.20. The number of halogens is 2. The van der Waals surface area contributed by atoms with Gasteiger partial charge in [-0.05, 0) is 41.6 Å². The van der Waals surface area contributed by atoms with Crippen LogP contribution in [-0.4, -0.2) is 21.4 Å². The molecule has 25 heavy (non-hydrogen) atoms. The van der Waals surface area contributed by atoms with Gasteiger partial charge in [0.1, 0.15) is 5.82 Å². The summed E-state index contributed by atoms with van der Waals surface area (Å²) >= 11 is 7.49. The predicted octanol–water partition coefficient (Wildman–Crippen LogP) is 5.22. The minimum Gasteiger partial charge on any atom is -0.481 e. The standard InChI is InChI=1S/C19H17ClFNO2S/c1-2-25-19-15-9-14(21)7-8-16(15)22(17(19)10-18(23)24)11-12-3-5-13(20)6-4-12/h3-9H,2,10-11H2,1H3,(H,23,24). The van der Waals surface area contributed by atoms with Gasteiger partial charge in [0.15, 0.2) is 0 Å². The second-order valence-electron chi connectivity index (χ2n) is 5.65. The van der Waals surface area contributed by atoms with E-state index in [4.69, 9.17) is 11.6 Å². The summed E-state index contributed by atoms with van der Waals surface area (Å²) in [5.74, 6) is -0.446. The van der Waals surface area contributed by atoms with Gasteiger partial charge >= 0.3 is 5.97 Å². The molecule has 0 amide bonds. The fourth-order valence-electron chi connectivity index (χ4n) is 2.93. The summed E-state index contributed by atoms with van der Waals surface area (Å²) in [6.45, 7) is 2.50. The molecule has 1 heterocycles. The first-order valence-electron chi connectivity index (χ1n) is 7.89. The monoisotopic (exact) mass is 377 g/mol. The molecule has 1 N–H and O–H groups in total. The average molecular weight is 378 g/mol. The molecular formula is C19H17ClFNO2S. The van der Waals surface area contributed by atoms with Crippen molar-refractivity contribution < 1.29 is 14.3 Å². The number of thioether (sulfide) groups is 1. The molecule has 0 saturated carbocycles. The Hall–Kier alpha value is -1.98. The molecule has 0 fully saturated rings. The lowest BCUT2D eigenvalue weighted by Gasteiger charge is -2.11. The van der Waals surface area contributed by atoms with E-state index in [1.165, 1.54) is 12.1 Å². The van der Waals surface area contributed by atoms with Crippen LogP contribution in [0.3, 0.4) is 0 Å². The molecule has 1 aromatic heterocycles. The van der Waals surface area contributed by atoms with Gasteiger partial charge in [-0.3, -0.25) is 4.79 Å². The lowest BCUT2D eigenvalue weighted by molar-refractivity contribution is -0.136. The van der Waals surface area contributed by atoms with Crippen LogP contribution in [0.5, 0.6) is 0 Å². The third-order valence-electron chi connectivity index (χ3n) is 3.94. The highest BCUT2D eigenvalue weighted by molar-refractivity contribution is 7.99. The van der Waals surface area contributed by atoms with Crippen molar-refractivity contribution in [3.8, 4) is 0 Å². The van der Waals surface area contributed by atoms with Gasteiger partial charge < -0.3 is 9.67 Å². The molecule has 0 radical (unpaired) electrons. The number of aliphatic carboxylic acids is 1. The summed E-state index contributed by atoms with van der Waals surface area (Å²) in [5.41, 5.74) is 2.55. The van der Waals surface area contributed by atoms with Gasteiger partial charge in [0.25, 0.3) is 0 Å². The molecule has 0 aliphatic heterocycles. The van der Waals surface area contributed by atoms with Crippen LogP contribution in [0.15, 0.2) is 47.4 Å². The Morgan fingerprint density at radius 2 is 1.96 bits per heavy atom. The number of rotatable bonds is 6. The molecule has 0 aliphatic rings. The Bertz CT molecular complexity index is 921. The van der Waals surface area contributed by atoms with Gasteiger partial charge in [-0.15, -0.1) is 11.8 Å². The van der Waals surface area contributed by atoms with Crippen LogP contribution in [0.1, 0.15) is 18.2 Å². The van der Waals surface area contributed by atoms with E-state index in [1.54, 1.807) is 30.0 Å². The van der Waals surface area contributed by atoms with Crippen molar-refractivity contribution in [3.05, 3.63) is 64.6 Å². The number of fused-ring (bicyclic) bond motifs is 1. The van der Waals surface area contributed by atoms with Gasteiger partial charge in [-0.25, -0.2) is 4.39 Å². The zero-order valence-corrected chi connectivity index (χ0v) is 15.2. The molecule has 3 aromatic rings. The smallest absolute Gasteiger partial charge is 0.309 e. The van der Waals surface area contributed by atoms with E-state index >= 15 is 0 Å². The van der Waals surface area contributed by atoms with Crippen LogP contribution in [0.25, 0.3) is 10.9 Å². The van der Waals surface area contributed by atoms with Crippen LogP contribution < -0.4 is 0 Å². The lowest BCUT2D eigenvalue weighted by Crippen LogP contribution is -2.10. The van der Waals surface area contributed by atoms with Gasteiger partial charge in [-0.1, -0.05) is 30.7 Å². The minimum atomic E-state index is -0.904. The summed E-state index contributed by atoms with van der Waals surface area (Å²) < 4.78 is 15.7. The Labute approximate surface area is 154 Å². The summed E-state index contributed by atoms with van der Waals surface area (Å²) in [6, 6.07) is 12.0. The van der Waals surface area contributed by atoms with Crippen molar-refractivity contribution in [2.75, 3.05) is 5.75 Å². The van der Waals surface area contributed by atoms with Crippen LogP contribution in [0.2, 0.25) is 5.02 Å². The summed E-state index contributed by atoms with van der Waals surface area (Å²) in [6.07, 6.45) is -0.105. The number of carboxylic acids is 1. The van der Waals surface area contributed by atoms with Gasteiger partial charge in [-0.2, -0.15) is 0 Å². The van der Waals surface area contributed by atoms with E-state index < -0.39 is 5.97 Å². The van der Waals surface area contributed by atoms with E-state index in [2.05, 4.69) is 0 Å². The maximum atomic E-state index is 13.8. The first-order valence-corrected chi connectivity index (χ1v) is 9.25. The summed E-state index contributed by atoms with van der Waals surface area (Å²) in [4.78, 5) is 12.2. The lowest BCUT2D eigenvalue weighted by atomic mass is 10.2. The van der Waals surface area contributed by atoms with Crippen LogP contribution in [0, 0.1) is 5.82 Å². The molecule has 2 aromatic carbocycles. The first-order chi connectivity index (χ1) is 12.0. The number of hydrogen-bond acceptors (Lipinski definition) is 2. The summed E-state index contributed by atoms with van der Waals surface area (Å²) in [5, 5.41) is 10.8. The number of aromatic nitrogens is 1. The zero-order chi connectivity index (χ0) is 18.0. The maximum Gasteiger partial charge on any atom is 0.309 e. The van der Waals surface area contributed by atoms with Crippen molar-refractivity contribution in [3.63, 3.8) is 0 Å². The van der Waals surface area contributed by atoms with Crippen molar-refractivity contribution in [1.29, 1.82) is 0 Å². The van der Waals surface area contributed by atoms with E-state index in [1.807, 2.05) is 23.6 Å². The second kappa shape index (κ2) is 7.50. The van der Waals surface area contributed by atoms with Gasteiger partial charge in [0.2, 0.25) is 0 Å². The van der Waals surface area contributed by atoms with Gasteiger partial charge in [0.05, 0.1) is 6.42 Å². The normalized spacial score (nSPS) is 11.2. The largest absolute Gasteiger partial charge is 0.481 e. The highest BCUT2D eigenvalue weighted by atomic mass is 35.5. The molecule has 0 bridgehead atoms. The molecule has 0 saturated heterocycles. The Balaban J connectivity index is 2.19. The van der Waals surface area contributed by atoms with E-state index in [0.717, 1.165) is 27.1 Å². The average Bonchev–Trinajstić information content (AvgIpc) is 2.83. The first kappa shape index (κ1) is 17.8. The quantitative estimate of drug-likeness (QED) is 0.599. The fourth-order valence-corrected chi connectivity index (χ4v) is 4.01. The van der Waals surface area contributed by atoms with Crippen molar-refractivity contribution in [2.45, 2.75) is 24.8 Å². The number of nitrogens with zero attached hydrogens (tertiary/aromatic N) is 1. The van der Waals surface area contributed by atoms with Gasteiger partial charge in [0, 0.05) is 33.1 Å². The summed E-state index contributed by atoms with van der Waals surface area (Å²) in [7, 11) is 0. The van der Waals surface area contributed by atoms with Crippen LogP contribution in [-0.2, 0) is 17.8 Å². The highest BCUT2D eigenvalue weighted by Crippen LogP contribution is 2.36.